The molecule has 1 fully saturated rings. The molecule has 3 atom stereocenters. The zero-order chi connectivity index (χ0) is 40.4. The number of carbonyl (C=O) groups is 4. The fourth-order valence-electron chi connectivity index (χ4n) is 6.34. The van der Waals surface area contributed by atoms with E-state index in [1.807, 2.05) is 70.3 Å². The summed E-state index contributed by atoms with van der Waals surface area (Å²) in [5.41, 5.74) is 1.36. The number of rotatable bonds is 19. The molecule has 5 amide bonds. The summed E-state index contributed by atoms with van der Waals surface area (Å²) in [6, 6.07) is 10.4. The number of amides is 5. The van der Waals surface area contributed by atoms with Crippen LogP contribution in [-0.4, -0.2) is 118 Å². The molecule has 2 heterocycles. The SMILES string of the molecule is Cc1nc(CN2CCN([C@H](C(=O)N[C@@H](Cc3ccccc3)[C@H](O)CN(CC(C)C)S(=O)(=O)c3ccc(O)c(NC(=O)CCNC(=O)O)c3)C(C)C)C2=O)cs1. The molecule has 1 aliphatic heterocycles. The standard InChI is InChI=1S/C37H51N7O9S2/c1-23(2)19-43(55(52,53)28-11-12-31(45)30(18-28)40-33(47)13-14-38-36(49)50)21-32(46)29(17-26-9-7-6-8-10-26)41-35(48)34(24(3)4)44-16-15-42(37(44)51)20-27-22-54-25(5)39-27/h6-12,18,22-24,29,32,34,38,45-46H,13-17,19-21H2,1-5H3,(H,40,47)(H,41,48)(H,49,50)/t29-,32+,34-/m0/s1. The van der Waals surface area contributed by atoms with Gasteiger partial charge < -0.3 is 41.1 Å². The molecule has 1 aromatic heterocycles. The van der Waals surface area contributed by atoms with E-state index in [1.54, 1.807) is 4.90 Å². The van der Waals surface area contributed by atoms with E-state index in [0.717, 1.165) is 32.7 Å². The topological polar surface area (TPSA) is 222 Å². The number of aliphatic hydroxyl groups is 1. The molecule has 0 bridgehead atoms. The number of phenols is 1. The van der Waals surface area contributed by atoms with Gasteiger partial charge in [-0.25, -0.2) is 23.0 Å². The average Bonchev–Trinajstić information content (AvgIpc) is 3.68. The molecule has 1 aliphatic rings. The smallest absolute Gasteiger partial charge is 0.404 e. The largest absolute Gasteiger partial charge is 0.506 e. The zero-order valence-corrected chi connectivity index (χ0v) is 33.3. The second kappa shape index (κ2) is 19.2. The molecule has 16 nitrogen and oxygen atoms in total. The van der Waals surface area contributed by atoms with Gasteiger partial charge in [0.2, 0.25) is 21.8 Å². The number of aliphatic hydroxyl groups excluding tert-OH is 1. The number of phenolic OH excluding ortho intramolecular Hbond substituents is 1. The van der Waals surface area contributed by atoms with E-state index in [1.165, 1.54) is 22.3 Å². The van der Waals surface area contributed by atoms with Crippen molar-refractivity contribution in [3.63, 3.8) is 0 Å². The molecule has 0 spiro atoms. The Morgan fingerprint density at radius 3 is 2.36 bits per heavy atom. The normalized spacial score (nSPS) is 15.0. The number of nitrogens with one attached hydrogen (secondary N) is 3. The molecule has 0 unspecified atom stereocenters. The molecule has 2 aromatic carbocycles. The van der Waals surface area contributed by atoms with E-state index in [9.17, 15) is 37.8 Å². The third kappa shape index (κ3) is 11.9. The molecule has 0 radical (unpaired) electrons. The lowest BCUT2D eigenvalue weighted by atomic mass is 9.97. The van der Waals surface area contributed by atoms with Crippen molar-refractivity contribution in [2.24, 2.45) is 11.8 Å². The second-order valence-corrected chi connectivity index (χ2v) is 17.2. The molecule has 55 heavy (non-hydrogen) atoms. The number of anilines is 1. The Labute approximate surface area is 325 Å². The molecule has 6 N–H and O–H groups in total. The van der Waals surface area contributed by atoms with Crippen molar-refractivity contribution in [1.82, 2.24) is 29.7 Å². The molecular weight excluding hydrogens is 751 g/mol. The van der Waals surface area contributed by atoms with Crippen LogP contribution in [0.15, 0.2) is 58.8 Å². The Morgan fingerprint density at radius 1 is 1.04 bits per heavy atom. The molecule has 300 valence electrons. The van der Waals surface area contributed by atoms with Gasteiger partial charge in [0, 0.05) is 44.5 Å². The summed E-state index contributed by atoms with van der Waals surface area (Å²) >= 11 is 1.50. The maximum absolute atomic E-state index is 14.2. The van der Waals surface area contributed by atoms with E-state index < -0.39 is 58.4 Å². The van der Waals surface area contributed by atoms with Gasteiger partial charge in [0.05, 0.1) is 40.0 Å². The summed E-state index contributed by atoms with van der Waals surface area (Å²) in [6.45, 7) is 9.61. The van der Waals surface area contributed by atoms with Gasteiger partial charge in [-0.1, -0.05) is 58.0 Å². The van der Waals surface area contributed by atoms with Crippen LogP contribution in [0.1, 0.15) is 50.4 Å². The van der Waals surface area contributed by atoms with Gasteiger partial charge in [-0.2, -0.15) is 4.31 Å². The summed E-state index contributed by atoms with van der Waals surface area (Å²) in [7, 11) is -4.36. The van der Waals surface area contributed by atoms with Crippen molar-refractivity contribution in [2.75, 3.05) is 38.0 Å². The zero-order valence-electron chi connectivity index (χ0n) is 31.6. The Balaban J connectivity index is 1.57. The maximum atomic E-state index is 14.2. The number of aromatic hydroxyl groups is 1. The van der Waals surface area contributed by atoms with Gasteiger partial charge in [-0.3, -0.25) is 9.59 Å². The van der Waals surface area contributed by atoms with E-state index >= 15 is 0 Å². The average molecular weight is 802 g/mol. The minimum absolute atomic E-state index is 0.0138. The molecule has 4 rings (SSSR count). The fourth-order valence-corrected chi connectivity index (χ4v) is 8.59. The number of thiazole rings is 1. The molecule has 0 aliphatic carbocycles. The Hall–Kier alpha value is -4.78. The van der Waals surface area contributed by atoms with Crippen molar-refractivity contribution < 1.29 is 42.9 Å². The van der Waals surface area contributed by atoms with Crippen LogP contribution in [0.3, 0.4) is 0 Å². The molecule has 0 saturated carbocycles. The predicted octanol–water partition coefficient (Wildman–Crippen LogP) is 3.45. The lowest BCUT2D eigenvalue weighted by Crippen LogP contribution is -2.57. The van der Waals surface area contributed by atoms with Gasteiger partial charge in [-0.05, 0) is 48.9 Å². The van der Waals surface area contributed by atoms with Crippen LogP contribution in [0.25, 0.3) is 0 Å². The third-order valence-corrected chi connectivity index (χ3v) is 11.6. The lowest BCUT2D eigenvalue weighted by Gasteiger charge is -2.34. The number of benzene rings is 2. The van der Waals surface area contributed by atoms with Crippen LogP contribution in [-0.2, 0) is 32.6 Å². The van der Waals surface area contributed by atoms with Crippen LogP contribution >= 0.6 is 11.3 Å². The van der Waals surface area contributed by atoms with Crippen LogP contribution in [0.5, 0.6) is 5.75 Å². The minimum Gasteiger partial charge on any atom is -0.506 e. The van der Waals surface area contributed by atoms with Crippen LogP contribution in [0.2, 0.25) is 0 Å². The Bertz CT molecular complexity index is 1910. The number of sulfonamides is 1. The van der Waals surface area contributed by atoms with E-state index in [-0.39, 0.29) is 54.4 Å². The molecule has 3 aromatic rings. The van der Waals surface area contributed by atoms with E-state index in [2.05, 4.69) is 20.9 Å². The van der Waals surface area contributed by atoms with Crippen molar-refractivity contribution in [1.29, 1.82) is 0 Å². The van der Waals surface area contributed by atoms with Crippen LogP contribution in [0.4, 0.5) is 15.3 Å². The van der Waals surface area contributed by atoms with Gasteiger partial charge in [0.25, 0.3) is 0 Å². The first-order valence-corrected chi connectivity index (χ1v) is 20.4. The molecular formula is C37H51N7O9S2. The highest BCUT2D eigenvalue weighted by Crippen LogP contribution is 2.29. The molecule has 18 heteroatoms. The number of aromatic nitrogens is 1. The van der Waals surface area contributed by atoms with Gasteiger partial charge >= 0.3 is 12.1 Å². The highest BCUT2D eigenvalue weighted by atomic mass is 32.2. The minimum atomic E-state index is -4.36. The fraction of sp³-hybridized carbons (Fsp3) is 0.486. The summed E-state index contributed by atoms with van der Waals surface area (Å²) < 4.78 is 29.5. The first-order valence-electron chi connectivity index (χ1n) is 18.0. The van der Waals surface area contributed by atoms with Crippen molar-refractivity contribution >= 4 is 51.0 Å². The Morgan fingerprint density at radius 2 is 1.75 bits per heavy atom. The van der Waals surface area contributed by atoms with Crippen molar-refractivity contribution in [2.45, 2.75) is 77.1 Å². The van der Waals surface area contributed by atoms with E-state index in [0.29, 0.717) is 19.6 Å². The van der Waals surface area contributed by atoms with Crippen molar-refractivity contribution in [3.05, 3.63) is 70.2 Å². The van der Waals surface area contributed by atoms with Crippen molar-refractivity contribution in [3.8, 4) is 5.75 Å². The summed E-state index contributed by atoms with van der Waals surface area (Å²) in [5.74, 6) is -2.03. The number of hydrogen-bond acceptors (Lipinski definition) is 10. The predicted molar refractivity (Wildman–Crippen MR) is 207 cm³/mol. The Kier molecular flexibility index (Phi) is 15.0. The van der Waals surface area contributed by atoms with Crippen LogP contribution < -0.4 is 16.0 Å². The number of hydrogen-bond donors (Lipinski definition) is 6. The highest BCUT2D eigenvalue weighted by molar-refractivity contribution is 7.89. The summed E-state index contributed by atoms with van der Waals surface area (Å²) in [4.78, 5) is 58.3. The third-order valence-electron chi connectivity index (χ3n) is 8.94. The number of nitrogens with zero attached hydrogens (tertiary/aromatic N) is 4. The number of carboxylic acid groups (broad SMARTS) is 1. The van der Waals surface area contributed by atoms with E-state index in [4.69, 9.17) is 5.11 Å². The first kappa shape index (κ1) is 43.0. The summed E-state index contributed by atoms with van der Waals surface area (Å²) in [6.07, 6.45) is -2.84. The molecule has 1 saturated heterocycles. The van der Waals surface area contributed by atoms with Gasteiger partial charge in [0.15, 0.2) is 0 Å². The number of carbonyl (C=O) groups excluding carboxylic acids is 3. The number of aryl methyl sites for hydroxylation is 1. The monoisotopic (exact) mass is 801 g/mol. The lowest BCUT2D eigenvalue weighted by molar-refractivity contribution is -0.128. The van der Waals surface area contributed by atoms with Crippen LogP contribution in [0, 0.1) is 18.8 Å². The summed E-state index contributed by atoms with van der Waals surface area (Å²) in [5, 5.41) is 41.2. The second-order valence-electron chi connectivity index (χ2n) is 14.2. The number of urea groups is 1. The first-order chi connectivity index (χ1) is 26.0. The van der Waals surface area contributed by atoms with Gasteiger partial charge in [0.1, 0.15) is 11.8 Å². The van der Waals surface area contributed by atoms with Gasteiger partial charge in [-0.15, -0.1) is 11.3 Å². The maximum Gasteiger partial charge on any atom is 0.404 e. The highest BCUT2D eigenvalue weighted by Gasteiger charge is 2.40. The quantitative estimate of drug-likeness (QED) is 0.0970.